The molecule has 0 heterocycles. The molecule has 0 aliphatic rings. The van der Waals surface area contributed by atoms with E-state index in [1.165, 1.54) is 24.3 Å². The lowest BCUT2D eigenvalue weighted by atomic mass is 10.1. The van der Waals surface area contributed by atoms with E-state index >= 15 is 0 Å². The fraction of sp³-hybridized carbons (Fsp3) is 0.263. The van der Waals surface area contributed by atoms with E-state index in [0.717, 1.165) is 22.4 Å². The van der Waals surface area contributed by atoms with Crippen LogP contribution in [0.4, 0.5) is 11.4 Å². The van der Waals surface area contributed by atoms with Gasteiger partial charge in [0.2, 0.25) is 11.8 Å². The lowest BCUT2D eigenvalue weighted by Gasteiger charge is -2.13. The van der Waals surface area contributed by atoms with E-state index in [1.807, 2.05) is 32.9 Å². The van der Waals surface area contributed by atoms with Crippen molar-refractivity contribution in [3.05, 3.63) is 68.8 Å². The van der Waals surface area contributed by atoms with Crippen molar-refractivity contribution >= 4 is 23.2 Å². The van der Waals surface area contributed by atoms with Crippen LogP contribution in [0.25, 0.3) is 0 Å². The first kappa shape index (κ1) is 19.1. The number of carbonyl (C=O) groups is 2. The largest absolute Gasteiger partial charge is 0.347 e. The highest BCUT2D eigenvalue weighted by atomic mass is 16.6. The van der Waals surface area contributed by atoms with Crippen molar-refractivity contribution in [2.45, 2.75) is 27.2 Å². The molecule has 2 amide bonds. The second-order valence-electron chi connectivity index (χ2n) is 6.20. The average molecular weight is 355 g/mol. The van der Waals surface area contributed by atoms with Gasteiger partial charge in [0, 0.05) is 17.8 Å². The van der Waals surface area contributed by atoms with Gasteiger partial charge in [0.1, 0.15) is 0 Å². The quantitative estimate of drug-likeness (QED) is 0.614. The van der Waals surface area contributed by atoms with Crippen LogP contribution < -0.4 is 10.6 Å². The number of aryl methyl sites for hydroxylation is 3. The van der Waals surface area contributed by atoms with Gasteiger partial charge in [0.15, 0.2) is 0 Å². The second kappa shape index (κ2) is 8.24. The minimum Gasteiger partial charge on any atom is -0.347 e. The summed E-state index contributed by atoms with van der Waals surface area (Å²) in [6.07, 6.45) is 0.0495. The molecule has 0 saturated heterocycles. The van der Waals surface area contributed by atoms with E-state index < -0.39 is 4.92 Å². The Balaban J connectivity index is 1.87. The summed E-state index contributed by atoms with van der Waals surface area (Å²) >= 11 is 0. The Morgan fingerprint density at radius 2 is 1.58 bits per heavy atom. The molecule has 0 fully saturated rings. The summed E-state index contributed by atoms with van der Waals surface area (Å²) in [5, 5.41) is 16.0. The zero-order valence-corrected chi connectivity index (χ0v) is 15.0. The van der Waals surface area contributed by atoms with Crippen LogP contribution in [0, 0.1) is 30.9 Å². The molecule has 2 aromatic rings. The van der Waals surface area contributed by atoms with Gasteiger partial charge in [-0.2, -0.15) is 0 Å². The Bertz CT molecular complexity index is 821. The number of nitrogens with one attached hydrogen (secondary N) is 2. The molecule has 0 atom stereocenters. The van der Waals surface area contributed by atoms with E-state index in [-0.39, 0.29) is 30.5 Å². The van der Waals surface area contributed by atoms with Gasteiger partial charge in [-0.1, -0.05) is 29.8 Å². The predicted molar refractivity (Wildman–Crippen MR) is 99.1 cm³/mol. The molecular weight excluding hydrogens is 334 g/mol. The molecule has 0 bridgehead atoms. The first-order valence-electron chi connectivity index (χ1n) is 8.14. The Hall–Kier alpha value is -3.22. The van der Waals surface area contributed by atoms with Crippen molar-refractivity contribution in [1.82, 2.24) is 5.32 Å². The number of hydrogen-bond acceptors (Lipinski definition) is 4. The summed E-state index contributed by atoms with van der Waals surface area (Å²) in [5.41, 5.74) is 4.41. The molecule has 0 unspecified atom stereocenters. The van der Waals surface area contributed by atoms with Crippen LogP contribution in [0.1, 0.15) is 22.3 Å². The average Bonchev–Trinajstić information content (AvgIpc) is 2.56. The van der Waals surface area contributed by atoms with Crippen molar-refractivity contribution < 1.29 is 14.5 Å². The third-order valence-corrected chi connectivity index (χ3v) is 3.90. The van der Waals surface area contributed by atoms with Crippen molar-refractivity contribution in [3.63, 3.8) is 0 Å². The van der Waals surface area contributed by atoms with Crippen LogP contribution in [0.15, 0.2) is 36.4 Å². The monoisotopic (exact) mass is 355 g/mol. The molecule has 7 nitrogen and oxygen atoms in total. The normalized spacial score (nSPS) is 10.3. The Morgan fingerprint density at radius 3 is 2.12 bits per heavy atom. The number of carbonyl (C=O) groups excluding carboxylic acids is 2. The maximum Gasteiger partial charge on any atom is 0.269 e. The predicted octanol–water partition coefficient (Wildman–Crippen LogP) is 2.82. The fourth-order valence-corrected chi connectivity index (χ4v) is 2.72. The lowest BCUT2D eigenvalue weighted by Crippen LogP contribution is -2.34. The van der Waals surface area contributed by atoms with E-state index in [4.69, 9.17) is 0 Å². The first-order valence-corrected chi connectivity index (χ1v) is 8.14. The number of rotatable bonds is 6. The number of nitro groups is 1. The molecule has 0 aromatic heterocycles. The summed E-state index contributed by atoms with van der Waals surface area (Å²) in [4.78, 5) is 34.1. The number of nitro benzene ring substituents is 1. The first-order chi connectivity index (χ1) is 12.3. The van der Waals surface area contributed by atoms with Crippen molar-refractivity contribution in [1.29, 1.82) is 0 Å². The van der Waals surface area contributed by atoms with Crippen LogP contribution in [0.2, 0.25) is 0 Å². The molecule has 0 aliphatic heterocycles. The van der Waals surface area contributed by atoms with Gasteiger partial charge < -0.3 is 10.6 Å². The number of benzene rings is 2. The molecular formula is C19H21N3O4. The number of hydrogen-bond donors (Lipinski definition) is 2. The van der Waals surface area contributed by atoms with Crippen LogP contribution in [-0.4, -0.2) is 23.3 Å². The van der Waals surface area contributed by atoms with Crippen LogP contribution >= 0.6 is 0 Å². The molecule has 136 valence electrons. The number of non-ortho nitro benzene ring substituents is 1. The highest BCUT2D eigenvalue weighted by molar-refractivity contribution is 5.96. The molecule has 2 aromatic carbocycles. The lowest BCUT2D eigenvalue weighted by molar-refractivity contribution is -0.384. The summed E-state index contributed by atoms with van der Waals surface area (Å²) in [7, 11) is 0. The maximum atomic E-state index is 12.1. The topological polar surface area (TPSA) is 101 Å². The highest BCUT2D eigenvalue weighted by Crippen LogP contribution is 2.21. The van der Waals surface area contributed by atoms with Crippen molar-refractivity contribution in [2.24, 2.45) is 0 Å². The number of amides is 2. The van der Waals surface area contributed by atoms with Gasteiger partial charge in [0.05, 0.1) is 17.9 Å². The van der Waals surface area contributed by atoms with E-state index in [1.54, 1.807) is 0 Å². The minimum absolute atomic E-state index is 0.0302. The van der Waals surface area contributed by atoms with Gasteiger partial charge in [0.25, 0.3) is 5.69 Å². The standard InChI is InChI=1S/C19H21N3O4/c1-12-8-13(2)19(14(3)9-12)21-18(24)11-20-17(23)10-15-4-6-16(7-5-15)22(25)26/h4-9H,10-11H2,1-3H3,(H,20,23)(H,21,24). The summed E-state index contributed by atoms with van der Waals surface area (Å²) < 4.78 is 0. The maximum absolute atomic E-state index is 12.1. The smallest absolute Gasteiger partial charge is 0.269 e. The molecule has 2 rings (SSSR count). The molecule has 0 saturated carbocycles. The zero-order chi connectivity index (χ0) is 19.3. The minimum atomic E-state index is -0.497. The van der Waals surface area contributed by atoms with Crippen molar-refractivity contribution in [3.8, 4) is 0 Å². The molecule has 0 spiro atoms. The Morgan fingerprint density at radius 1 is 1.00 bits per heavy atom. The molecule has 26 heavy (non-hydrogen) atoms. The zero-order valence-electron chi connectivity index (χ0n) is 15.0. The third kappa shape index (κ3) is 5.14. The van der Waals surface area contributed by atoms with Crippen LogP contribution in [-0.2, 0) is 16.0 Å². The van der Waals surface area contributed by atoms with Gasteiger partial charge in [-0.05, 0) is 37.5 Å². The number of anilines is 1. The highest BCUT2D eigenvalue weighted by Gasteiger charge is 2.11. The molecule has 2 N–H and O–H groups in total. The van der Waals surface area contributed by atoms with Crippen LogP contribution in [0.5, 0.6) is 0 Å². The SMILES string of the molecule is Cc1cc(C)c(NC(=O)CNC(=O)Cc2ccc([N+](=O)[O-])cc2)c(C)c1. The van der Waals surface area contributed by atoms with E-state index in [2.05, 4.69) is 10.6 Å². The van der Waals surface area contributed by atoms with Gasteiger partial charge in [-0.25, -0.2) is 0 Å². The summed E-state index contributed by atoms with van der Waals surface area (Å²) in [5.74, 6) is -0.636. The Kier molecular flexibility index (Phi) is 6.06. The van der Waals surface area contributed by atoms with Gasteiger partial charge in [-0.15, -0.1) is 0 Å². The second-order valence-corrected chi connectivity index (χ2v) is 6.20. The van der Waals surface area contributed by atoms with Crippen molar-refractivity contribution in [2.75, 3.05) is 11.9 Å². The summed E-state index contributed by atoms with van der Waals surface area (Å²) in [6.45, 7) is 5.69. The summed E-state index contributed by atoms with van der Waals surface area (Å²) in [6, 6.07) is 9.70. The van der Waals surface area contributed by atoms with E-state index in [9.17, 15) is 19.7 Å². The fourth-order valence-electron chi connectivity index (χ4n) is 2.72. The van der Waals surface area contributed by atoms with E-state index in [0.29, 0.717) is 5.56 Å². The molecule has 0 radical (unpaired) electrons. The van der Waals surface area contributed by atoms with Gasteiger partial charge in [-0.3, -0.25) is 19.7 Å². The van der Waals surface area contributed by atoms with Crippen LogP contribution in [0.3, 0.4) is 0 Å². The Labute approximate surface area is 151 Å². The third-order valence-electron chi connectivity index (χ3n) is 3.90. The van der Waals surface area contributed by atoms with Gasteiger partial charge >= 0.3 is 0 Å². The molecule has 7 heteroatoms. The number of nitrogens with zero attached hydrogens (tertiary/aromatic N) is 1. The molecule has 0 aliphatic carbocycles.